The summed E-state index contributed by atoms with van der Waals surface area (Å²) in [4.78, 5) is 11.5. The summed E-state index contributed by atoms with van der Waals surface area (Å²) in [7, 11) is 0. The highest BCUT2D eigenvalue weighted by atomic mass is 16.4. The molecule has 4 nitrogen and oxygen atoms in total. The number of carboxylic acid groups (broad SMARTS) is 1. The van der Waals surface area contributed by atoms with Crippen molar-refractivity contribution in [3.63, 3.8) is 0 Å². The zero-order valence-electron chi connectivity index (χ0n) is 13.8. The van der Waals surface area contributed by atoms with E-state index in [1.165, 1.54) is 5.56 Å². The van der Waals surface area contributed by atoms with E-state index in [1.54, 1.807) is 12.1 Å². The van der Waals surface area contributed by atoms with Crippen molar-refractivity contribution in [2.75, 3.05) is 11.1 Å². The Morgan fingerprint density at radius 1 is 0.840 bits per heavy atom. The van der Waals surface area contributed by atoms with E-state index in [4.69, 9.17) is 5.73 Å². The van der Waals surface area contributed by atoms with Crippen molar-refractivity contribution < 1.29 is 9.90 Å². The molecule has 0 bridgehead atoms. The van der Waals surface area contributed by atoms with Crippen molar-refractivity contribution in [1.29, 1.82) is 0 Å². The summed E-state index contributed by atoms with van der Waals surface area (Å²) >= 11 is 0. The molecule has 4 heteroatoms. The lowest BCUT2D eigenvalue weighted by molar-refractivity contribution is 0.0698. The summed E-state index contributed by atoms with van der Waals surface area (Å²) in [6.07, 6.45) is 1.74. The van der Waals surface area contributed by atoms with E-state index in [2.05, 4.69) is 17.4 Å². The lowest BCUT2D eigenvalue weighted by atomic mass is 10.0. The van der Waals surface area contributed by atoms with Crippen LogP contribution in [0.25, 0.3) is 0 Å². The zero-order valence-corrected chi connectivity index (χ0v) is 13.8. The number of carbonyl (C=O) groups is 1. The van der Waals surface area contributed by atoms with Crippen molar-refractivity contribution in [1.82, 2.24) is 0 Å². The van der Waals surface area contributed by atoms with Gasteiger partial charge in [0, 0.05) is 0 Å². The molecule has 0 amide bonds. The predicted molar refractivity (Wildman–Crippen MR) is 101 cm³/mol. The first-order valence-corrected chi connectivity index (χ1v) is 8.15. The normalized spacial score (nSPS) is 10.4. The van der Waals surface area contributed by atoms with E-state index in [1.807, 2.05) is 48.5 Å². The average Bonchev–Trinajstić information content (AvgIpc) is 2.63. The molecule has 0 aliphatic carbocycles. The summed E-state index contributed by atoms with van der Waals surface area (Å²) in [5.74, 6) is -0.966. The van der Waals surface area contributed by atoms with Gasteiger partial charge in [-0.2, -0.15) is 0 Å². The van der Waals surface area contributed by atoms with E-state index in [9.17, 15) is 9.90 Å². The molecule has 0 radical (unpaired) electrons. The fraction of sp³-hybridized carbons (Fsp3) is 0.0952. The standard InChI is InChI=1S/C21H20N2O2/c22-18-8-4-5-9-19(18)23-20-14-16(12-13-17(20)21(24)25)11-10-15-6-2-1-3-7-15/h1-9,12-14,23H,10-11,22H2,(H,24,25). The smallest absolute Gasteiger partial charge is 0.337 e. The zero-order chi connectivity index (χ0) is 17.6. The quantitative estimate of drug-likeness (QED) is 0.581. The highest BCUT2D eigenvalue weighted by Crippen LogP contribution is 2.26. The minimum Gasteiger partial charge on any atom is -0.478 e. The Bertz CT molecular complexity index is 876. The molecule has 0 aliphatic heterocycles. The molecule has 0 aromatic heterocycles. The number of aryl methyl sites for hydroxylation is 2. The van der Waals surface area contributed by atoms with Gasteiger partial charge in [0.15, 0.2) is 0 Å². The molecule has 126 valence electrons. The van der Waals surface area contributed by atoms with Crippen LogP contribution in [0.4, 0.5) is 17.1 Å². The molecule has 0 atom stereocenters. The molecule has 0 saturated carbocycles. The van der Waals surface area contributed by atoms with Crippen molar-refractivity contribution >= 4 is 23.0 Å². The second-order valence-electron chi connectivity index (χ2n) is 5.88. The Morgan fingerprint density at radius 3 is 2.24 bits per heavy atom. The van der Waals surface area contributed by atoms with Crippen LogP contribution in [0.2, 0.25) is 0 Å². The fourth-order valence-corrected chi connectivity index (χ4v) is 2.73. The largest absolute Gasteiger partial charge is 0.478 e. The van der Waals surface area contributed by atoms with Crippen LogP contribution in [0.15, 0.2) is 72.8 Å². The topological polar surface area (TPSA) is 75.3 Å². The first-order valence-electron chi connectivity index (χ1n) is 8.15. The van der Waals surface area contributed by atoms with Crippen LogP contribution in [-0.4, -0.2) is 11.1 Å². The predicted octanol–water partition coefficient (Wildman–Crippen LogP) is 4.50. The van der Waals surface area contributed by atoms with Crippen molar-refractivity contribution in [3.8, 4) is 0 Å². The van der Waals surface area contributed by atoms with Gasteiger partial charge in [0.1, 0.15) is 0 Å². The van der Waals surface area contributed by atoms with E-state index in [0.29, 0.717) is 17.1 Å². The molecular weight excluding hydrogens is 312 g/mol. The van der Waals surface area contributed by atoms with Crippen LogP contribution < -0.4 is 11.1 Å². The van der Waals surface area contributed by atoms with Gasteiger partial charge in [-0.15, -0.1) is 0 Å². The number of rotatable bonds is 6. The maximum absolute atomic E-state index is 11.5. The Morgan fingerprint density at radius 2 is 1.52 bits per heavy atom. The molecular formula is C21H20N2O2. The molecule has 3 aromatic carbocycles. The number of nitrogens with one attached hydrogen (secondary N) is 1. The van der Waals surface area contributed by atoms with Crippen LogP contribution in [0.1, 0.15) is 21.5 Å². The SMILES string of the molecule is Nc1ccccc1Nc1cc(CCc2ccccc2)ccc1C(=O)O. The molecule has 0 heterocycles. The number of anilines is 3. The van der Waals surface area contributed by atoms with Crippen LogP contribution in [0.3, 0.4) is 0 Å². The average molecular weight is 332 g/mol. The van der Waals surface area contributed by atoms with E-state index in [-0.39, 0.29) is 5.56 Å². The van der Waals surface area contributed by atoms with Crippen LogP contribution in [0, 0.1) is 0 Å². The van der Waals surface area contributed by atoms with Crippen molar-refractivity contribution in [2.45, 2.75) is 12.8 Å². The van der Waals surface area contributed by atoms with Crippen LogP contribution in [0.5, 0.6) is 0 Å². The van der Waals surface area contributed by atoms with E-state index in [0.717, 1.165) is 18.4 Å². The van der Waals surface area contributed by atoms with Crippen LogP contribution in [-0.2, 0) is 12.8 Å². The summed E-state index contributed by atoms with van der Waals surface area (Å²) in [5, 5.41) is 12.6. The first kappa shape index (κ1) is 16.6. The number of hydrogen-bond acceptors (Lipinski definition) is 3. The van der Waals surface area contributed by atoms with Gasteiger partial charge in [0.2, 0.25) is 0 Å². The number of carboxylic acids is 1. The number of para-hydroxylation sites is 2. The lowest BCUT2D eigenvalue weighted by Crippen LogP contribution is -2.05. The number of nitrogen functional groups attached to an aromatic ring is 1. The third-order valence-corrected chi connectivity index (χ3v) is 4.09. The Labute approximate surface area is 146 Å². The summed E-state index contributed by atoms with van der Waals surface area (Å²) in [6.45, 7) is 0. The van der Waals surface area contributed by atoms with Crippen molar-refractivity contribution in [3.05, 3.63) is 89.5 Å². The van der Waals surface area contributed by atoms with Gasteiger partial charge in [-0.1, -0.05) is 48.5 Å². The maximum atomic E-state index is 11.5. The monoisotopic (exact) mass is 332 g/mol. The molecule has 0 aliphatic rings. The minimum atomic E-state index is -0.966. The van der Waals surface area contributed by atoms with Gasteiger partial charge in [-0.3, -0.25) is 0 Å². The highest BCUT2D eigenvalue weighted by molar-refractivity contribution is 5.96. The minimum absolute atomic E-state index is 0.228. The molecule has 3 rings (SSSR count). The van der Waals surface area contributed by atoms with Gasteiger partial charge in [-0.05, 0) is 48.2 Å². The number of aromatic carboxylic acids is 1. The number of hydrogen-bond donors (Lipinski definition) is 3. The second-order valence-corrected chi connectivity index (χ2v) is 5.88. The van der Waals surface area contributed by atoms with E-state index >= 15 is 0 Å². The van der Waals surface area contributed by atoms with Crippen LogP contribution >= 0.6 is 0 Å². The molecule has 0 fully saturated rings. The Hall–Kier alpha value is -3.27. The van der Waals surface area contributed by atoms with Gasteiger partial charge < -0.3 is 16.2 Å². The summed E-state index contributed by atoms with van der Waals surface area (Å²) in [5.41, 5.74) is 10.3. The summed E-state index contributed by atoms with van der Waals surface area (Å²) < 4.78 is 0. The fourth-order valence-electron chi connectivity index (χ4n) is 2.73. The van der Waals surface area contributed by atoms with Gasteiger partial charge in [0.25, 0.3) is 0 Å². The maximum Gasteiger partial charge on any atom is 0.337 e. The molecule has 25 heavy (non-hydrogen) atoms. The first-order chi connectivity index (χ1) is 12.1. The Kier molecular flexibility index (Phi) is 5.00. The van der Waals surface area contributed by atoms with Crippen molar-refractivity contribution in [2.24, 2.45) is 0 Å². The lowest BCUT2D eigenvalue weighted by Gasteiger charge is -2.13. The second kappa shape index (κ2) is 7.53. The molecule has 0 spiro atoms. The third kappa shape index (κ3) is 4.18. The Balaban J connectivity index is 1.84. The van der Waals surface area contributed by atoms with Gasteiger partial charge in [-0.25, -0.2) is 4.79 Å². The van der Waals surface area contributed by atoms with Gasteiger partial charge >= 0.3 is 5.97 Å². The summed E-state index contributed by atoms with van der Waals surface area (Å²) in [6, 6.07) is 22.9. The third-order valence-electron chi connectivity index (χ3n) is 4.09. The molecule has 0 unspecified atom stereocenters. The number of nitrogens with two attached hydrogens (primary N) is 1. The van der Waals surface area contributed by atoms with Gasteiger partial charge in [0.05, 0.1) is 22.6 Å². The molecule has 3 aromatic rings. The molecule has 4 N–H and O–H groups in total. The number of benzene rings is 3. The van der Waals surface area contributed by atoms with E-state index < -0.39 is 5.97 Å². The highest BCUT2D eigenvalue weighted by Gasteiger charge is 2.12. The molecule has 0 saturated heterocycles.